The molecule has 0 unspecified atom stereocenters. The first-order chi connectivity index (χ1) is 10.3. The molecule has 0 aliphatic carbocycles. The van der Waals surface area contributed by atoms with E-state index < -0.39 is 24.6 Å². The molecular formula is C15H24BNO5. The third-order valence-electron chi connectivity index (χ3n) is 4.30. The molecule has 0 spiro atoms. The van der Waals surface area contributed by atoms with E-state index in [-0.39, 0.29) is 0 Å². The molecule has 0 radical (unpaired) electrons. The molecule has 0 bridgehead atoms. The Hall–Kier alpha value is -1.15. The summed E-state index contributed by atoms with van der Waals surface area (Å²) < 4.78 is 27.9. The average molecular weight is 309 g/mol. The lowest BCUT2D eigenvalue weighted by atomic mass is 9.80. The lowest BCUT2D eigenvalue weighted by Crippen LogP contribution is -2.41. The van der Waals surface area contributed by atoms with Gasteiger partial charge in [-0.2, -0.15) is 0 Å². The number of nitrogens with zero attached hydrogens (tertiary/aromatic N) is 1. The first-order valence-electron chi connectivity index (χ1n) is 7.21. The highest BCUT2D eigenvalue weighted by atomic mass is 16.7. The van der Waals surface area contributed by atoms with E-state index in [4.69, 9.17) is 23.5 Å². The zero-order valence-corrected chi connectivity index (χ0v) is 14.3. The summed E-state index contributed by atoms with van der Waals surface area (Å²) in [6.45, 7) is 8.05. The van der Waals surface area contributed by atoms with Crippen LogP contribution >= 0.6 is 0 Å². The van der Waals surface area contributed by atoms with Crippen LogP contribution in [0.1, 0.15) is 39.7 Å². The van der Waals surface area contributed by atoms with E-state index in [1.54, 1.807) is 27.5 Å². The van der Waals surface area contributed by atoms with Crippen LogP contribution in [0.5, 0.6) is 5.75 Å². The van der Waals surface area contributed by atoms with Crippen molar-refractivity contribution in [2.75, 3.05) is 21.3 Å². The second kappa shape index (κ2) is 6.16. The molecule has 1 fully saturated rings. The molecule has 0 amide bonds. The largest absolute Gasteiger partial charge is 0.496 e. The molecule has 1 aliphatic heterocycles. The topological polar surface area (TPSA) is 59.0 Å². The third-order valence-corrected chi connectivity index (χ3v) is 4.30. The molecular weight excluding hydrogens is 285 g/mol. The van der Waals surface area contributed by atoms with Crippen molar-refractivity contribution in [3.63, 3.8) is 0 Å². The number of pyridine rings is 1. The van der Waals surface area contributed by atoms with Crippen molar-refractivity contribution in [2.45, 2.75) is 45.2 Å². The lowest BCUT2D eigenvalue weighted by Gasteiger charge is -2.32. The number of hydrogen-bond donors (Lipinski definition) is 0. The highest BCUT2D eigenvalue weighted by Crippen LogP contribution is 2.36. The van der Waals surface area contributed by atoms with Gasteiger partial charge in [0.15, 0.2) is 0 Å². The summed E-state index contributed by atoms with van der Waals surface area (Å²) in [5, 5.41) is 0. The van der Waals surface area contributed by atoms with Crippen molar-refractivity contribution >= 4 is 12.6 Å². The van der Waals surface area contributed by atoms with E-state index in [9.17, 15) is 0 Å². The summed E-state index contributed by atoms with van der Waals surface area (Å²) in [5.41, 5.74) is 0.578. The minimum absolute atomic E-state index is 0.398. The second-order valence-electron chi connectivity index (χ2n) is 6.25. The molecule has 22 heavy (non-hydrogen) atoms. The van der Waals surface area contributed by atoms with Gasteiger partial charge in [0.2, 0.25) is 6.29 Å². The molecule has 2 rings (SSSR count). The first kappa shape index (κ1) is 17.2. The van der Waals surface area contributed by atoms with Crippen LogP contribution in [0, 0.1) is 0 Å². The molecule has 0 saturated carbocycles. The van der Waals surface area contributed by atoms with Gasteiger partial charge < -0.3 is 23.5 Å². The van der Waals surface area contributed by atoms with Gasteiger partial charge in [-0.3, -0.25) is 4.98 Å². The molecule has 0 atom stereocenters. The smallest absolute Gasteiger partial charge is 0.495 e. The predicted octanol–water partition coefficient (Wildman–Crippen LogP) is 1.68. The maximum atomic E-state index is 6.02. The van der Waals surface area contributed by atoms with Crippen LogP contribution in [0.4, 0.5) is 0 Å². The number of hydrogen-bond acceptors (Lipinski definition) is 6. The molecule has 6 nitrogen and oxygen atoms in total. The highest BCUT2D eigenvalue weighted by molar-refractivity contribution is 6.62. The Kier molecular flexibility index (Phi) is 4.82. The summed E-state index contributed by atoms with van der Waals surface area (Å²) in [6, 6.07) is 1.84. The minimum Gasteiger partial charge on any atom is -0.495 e. The van der Waals surface area contributed by atoms with E-state index in [0.717, 1.165) is 5.46 Å². The standard InChI is InChI=1S/C15H24BNO5/c1-14(2)15(3,4)22-16(21-14)10-8-11(18-5)12(17-9-10)13(19-6)20-7/h8-9,13H,1-7H3. The highest BCUT2D eigenvalue weighted by Gasteiger charge is 2.52. The monoisotopic (exact) mass is 309 g/mol. The number of ether oxygens (including phenoxy) is 3. The fourth-order valence-electron chi connectivity index (χ4n) is 2.24. The van der Waals surface area contributed by atoms with E-state index in [1.165, 1.54) is 0 Å². The minimum atomic E-state index is -0.581. The van der Waals surface area contributed by atoms with Gasteiger partial charge in [-0.25, -0.2) is 0 Å². The third kappa shape index (κ3) is 2.99. The van der Waals surface area contributed by atoms with Crippen LogP contribution in [0.25, 0.3) is 0 Å². The molecule has 1 aromatic rings. The zero-order valence-electron chi connectivity index (χ0n) is 14.3. The van der Waals surface area contributed by atoms with Gasteiger partial charge in [0, 0.05) is 25.9 Å². The van der Waals surface area contributed by atoms with Crippen molar-refractivity contribution < 1.29 is 23.5 Å². The fraction of sp³-hybridized carbons (Fsp3) is 0.667. The van der Waals surface area contributed by atoms with Gasteiger partial charge in [0.1, 0.15) is 11.4 Å². The summed E-state index contributed by atoms with van der Waals surface area (Å²) in [5.74, 6) is 0.570. The molecule has 7 heteroatoms. The second-order valence-corrected chi connectivity index (χ2v) is 6.25. The SMILES string of the molecule is COc1cc(B2OC(C)(C)C(C)(C)O2)cnc1C(OC)OC. The number of methoxy groups -OCH3 is 3. The van der Waals surface area contributed by atoms with Crippen molar-refractivity contribution in [2.24, 2.45) is 0 Å². The Labute approximate surface area is 132 Å². The maximum Gasteiger partial charge on any atom is 0.496 e. The Balaban J connectivity index is 2.31. The van der Waals surface area contributed by atoms with Crippen molar-refractivity contribution in [3.05, 3.63) is 18.0 Å². The molecule has 1 saturated heterocycles. The zero-order chi connectivity index (χ0) is 16.5. The Morgan fingerprint density at radius 1 is 1.05 bits per heavy atom. The van der Waals surface area contributed by atoms with E-state index in [1.807, 2.05) is 33.8 Å². The molecule has 1 aliphatic rings. The van der Waals surface area contributed by atoms with Gasteiger partial charge in [-0.15, -0.1) is 0 Å². The van der Waals surface area contributed by atoms with Crippen molar-refractivity contribution in [1.82, 2.24) is 4.98 Å². The number of aromatic nitrogens is 1. The van der Waals surface area contributed by atoms with Crippen LogP contribution < -0.4 is 10.2 Å². The van der Waals surface area contributed by atoms with E-state index >= 15 is 0 Å². The summed E-state index contributed by atoms with van der Waals surface area (Å²) in [7, 11) is 4.20. The molecule has 0 N–H and O–H groups in total. The number of rotatable bonds is 5. The van der Waals surface area contributed by atoms with Crippen molar-refractivity contribution in [3.8, 4) is 5.75 Å². The van der Waals surface area contributed by atoms with Crippen LogP contribution in [-0.4, -0.2) is 44.6 Å². The van der Waals surface area contributed by atoms with Gasteiger partial charge in [0.25, 0.3) is 0 Å². The molecule has 0 aromatic carbocycles. The van der Waals surface area contributed by atoms with Gasteiger partial charge >= 0.3 is 7.12 Å². The van der Waals surface area contributed by atoms with Crippen LogP contribution in [0.3, 0.4) is 0 Å². The molecule has 2 heterocycles. The van der Waals surface area contributed by atoms with Gasteiger partial charge in [-0.05, 0) is 33.8 Å². The Bertz CT molecular complexity index is 515. The quantitative estimate of drug-likeness (QED) is 0.609. The average Bonchev–Trinajstić information content (AvgIpc) is 2.69. The normalized spacial score (nSPS) is 19.7. The van der Waals surface area contributed by atoms with E-state index in [0.29, 0.717) is 11.4 Å². The summed E-state index contributed by atoms with van der Waals surface area (Å²) >= 11 is 0. The fourth-order valence-corrected chi connectivity index (χ4v) is 2.24. The van der Waals surface area contributed by atoms with Crippen LogP contribution in [0.15, 0.2) is 12.3 Å². The summed E-state index contributed by atoms with van der Waals surface area (Å²) in [6.07, 6.45) is 1.12. The van der Waals surface area contributed by atoms with Gasteiger partial charge in [-0.1, -0.05) is 0 Å². The van der Waals surface area contributed by atoms with Crippen molar-refractivity contribution in [1.29, 1.82) is 0 Å². The lowest BCUT2D eigenvalue weighted by molar-refractivity contribution is -0.109. The van der Waals surface area contributed by atoms with Gasteiger partial charge in [0.05, 0.1) is 18.3 Å². The van der Waals surface area contributed by atoms with Crippen LogP contribution in [-0.2, 0) is 18.8 Å². The summed E-state index contributed by atoms with van der Waals surface area (Å²) in [4.78, 5) is 4.40. The predicted molar refractivity (Wildman–Crippen MR) is 83.3 cm³/mol. The Morgan fingerprint density at radius 3 is 2.05 bits per heavy atom. The first-order valence-corrected chi connectivity index (χ1v) is 7.21. The Morgan fingerprint density at radius 2 is 1.59 bits per heavy atom. The molecule has 122 valence electrons. The van der Waals surface area contributed by atoms with E-state index in [2.05, 4.69) is 4.98 Å². The maximum absolute atomic E-state index is 6.02. The molecule has 1 aromatic heterocycles. The van der Waals surface area contributed by atoms with Crippen LogP contribution in [0.2, 0.25) is 0 Å².